The third-order valence-corrected chi connectivity index (χ3v) is 10.1. The predicted octanol–water partition coefficient (Wildman–Crippen LogP) is 6.04. The molecule has 3 aromatic carbocycles. The van der Waals surface area contributed by atoms with Crippen molar-refractivity contribution >= 4 is 61.7 Å². The van der Waals surface area contributed by atoms with Crippen LogP contribution in [0.5, 0.6) is 0 Å². The number of ether oxygens (including phenoxy) is 1. The molecule has 0 aliphatic rings. The van der Waals surface area contributed by atoms with Crippen LogP contribution in [0.25, 0.3) is 4.91 Å². The summed E-state index contributed by atoms with van der Waals surface area (Å²) in [5.74, 6) is 2.17. The number of hydrogen-bond donors (Lipinski definition) is 0. The molecule has 0 radical (unpaired) electrons. The van der Waals surface area contributed by atoms with Crippen LogP contribution in [0.3, 0.4) is 0 Å². The van der Waals surface area contributed by atoms with E-state index in [-0.39, 0.29) is 0 Å². The normalized spacial score (nSPS) is 11.5. The molecule has 3 rings (SSSR count). The topological polar surface area (TPSA) is 33.0 Å². The standard InChI is InChI=1S/C24H20NOPS3/c1-2-26-24(28)30-23(20-15-13-19(17-25)14-16-20)18-27(29,21-9-5-3-6-10-21)22-11-7-4-8-12-22/h3-16,18H,2H2,1H3/b23-18+. The molecule has 3 aromatic rings. The zero-order valence-electron chi connectivity index (χ0n) is 16.4. The maximum atomic E-state index is 9.14. The average molecular weight is 466 g/mol. The van der Waals surface area contributed by atoms with Crippen molar-refractivity contribution in [1.82, 2.24) is 0 Å². The molecule has 0 saturated carbocycles. The van der Waals surface area contributed by atoms with Crippen LogP contribution in [-0.4, -0.2) is 11.0 Å². The van der Waals surface area contributed by atoms with Gasteiger partial charge in [0.25, 0.3) is 0 Å². The highest BCUT2D eigenvalue weighted by Gasteiger charge is 2.22. The van der Waals surface area contributed by atoms with Crippen LogP contribution < -0.4 is 10.6 Å². The number of thioether (sulfide) groups is 1. The van der Waals surface area contributed by atoms with Gasteiger partial charge in [0.15, 0.2) is 0 Å². The number of thiocarbonyl (C=S) groups is 1. The first-order chi connectivity index (χ1) is 14.6. The summed E-state index contributed by atoms with van der Waals surface area (Å²) < 4.78 is 6.00. The molecular formula is C24H20NOPS3. The first-order valence-electron chi connectivity index (χ1n) is 9.36. The van der Waals surface area contributed by atoms with Crippen LogP contribution >= 0.6 is 30.0 Å². The molecule has 0 aliphatic heterocycles. The first kappa shape index (κ1) is 22.5. The minimum absolute atomic E-state index is 0.454. The van der Waals surface area contributed by atoms with Gasteiger partial charge < -0.3 is 4.74 Å². The van der Waals surface area contributed by atoms with Gasteiger partial charge in [-0.3, -0.25) is 0 Å². The Balaban J connectivity index is 2.18. The van der Waals surface area contributed by atoms with E-state index >= 15 is 0 Å². The quantitative estimate of drug-likeness (QED) is 0.327. The molecule has 0 fully saturated rings. The second-order valence-corrected chi connectivity index (χ2v) is 12.3. The van der Waals surface area contributed by atoms with E-state index < -0.39 is 6.04 Å². The van der Waals surface area contributed by atoms with Crippen molar-refractivity contribution < 1.29 is 4.74 Å². The number of nitriles is 1. The Morgan fingerprint density at radius 2 is 1.50 bits per heavy atom. The summed E-state index contributed by atoms with van der Waals surface area (Å²) >= 11 is 13.2. The fraction of sp³-hybridized carbons (Fsp3) is 0.0833. The maximum Gasteiger partial charge on any atom is 0.224 e. The third kappa shape index (κ3) is 5.47. The molecule has 0 amide bonds. The summed E-state index contributed by atoms with van der Waals surface area (Å²) in [6.45, 7) is 2.42. The summed E-state index contributed by atoms with van der Waals surface area (Å²) in [5.41, 5.74) is 1.57. The molecule has 0 aliphatic carbocycles. The van der Waals surface area contributed by atoms with Crippen molar-refractivity contribution in [3.05, 3.63) is 102 Å². The van der Waals surface area contributed by atoms with Gasteiger partial charge >= 0.3 is 0 Å². The van der Waals surface area contributed by atoms with E-state index in [0.29, 0.717) is 16.6 Å². The van der Waals surface area contributed by atoms with E-state index in [0.717, 1.165) is 21.1 Å². The molecule has 0 N–H and O–H groups in total. The molecule has 0 aromatic heterocycles. The van der Waals surface area contributed by atoms with Gasteiger partial charge in [-0.1, -0.05) is 84.6 Å². The summed E-state index contributed by atoms with van der Waals surface area (Å²) in [6, 6.07) is 27.8. The van der Waals surface area contributed by atoms with Gasteiger partial charge in [-0.15, -0.1) is 0 Å². The minimum Gasteiger partial charge on any atom is -0.479 e. The molecule has 0 atom stereocenters. The van der Waals surface area contributed by atoms with E-state index in [1.165, 1.54) is 11.8 Å². The summed E-state index contributed by atoms with van der Waals surface area (Å²) in [7, 11) is 0. The van der Waals surface area contributed by atoms with E-state index in [1.807, 2.05) is 67.6 Å². The van der Waals surface area contributed by atoms with Crippen LogP contribution in [0.2, 0.25) is 0 Å². The van der Waals surface area contributed by atoms with Gasteiger partial charge in [-0.2, -0.15) is 5.26 Å². The SMILES string of the molecule is CCOC(=S)S/C(=C/P(=S)(c1ccccc1)c1ccccc1)c1ccc(C#N)cc1. The molecule has 2 nitrogen and oxygen atoms in total. The van der Waals surface area contributed by atoms with Crippen molar-refractivity contribution in [2.75, 3.05) is 6.61 Å². The molecule has 150 valence electrons. The van der Waals surface area contributed by atoms with Gasteiger partial charge in [-0.05, 0) is 65.0 Å². The second kappa shape index (κ2) is 10.7. The summed E-state index contributed by atoms with van der Waals surface area (Å²) in [5, 5.41) is 11.4. The van der Waals surface area contributed by atoms with E-state index in [9.17, 15) is 0 Å². The largest absolute Gasteiger partial charge is 0.479 e. The van der Waals surface area contributed by atoms with Gasteiger partial charge in [0.2, 0.25) is 4.38 Å². The van der Waals surface area contributed by atoms with Crippen molar-refractivity contribution in [3.63, 3.8) is 0 Å². The third-order valence-electron chi connectivity index (χ3n) is 4.33. The van der Waals surface area contributed by atoms with Crippen LogP contribution in [0.15, 0.2) is 90.7 Å². The van der Waals surface area contributed by atoms with E-state index in [1.54, 1.807) is 0 Å². The molecule has 0 heterocycles. The fourth-order valence-corrected chi connectivity index (χ4v) is 8.10. The van der Waals surface area contributed by atoms with Gasteiger partial charge in [0.05, 0.1) is 18.2 Å². The number of hydrogen-bond acceptors (Lipinski definition) is 5. The Morgan fingerprint density at radius 3 is 1.97 bits per heavy atom. The van der Waals surface area contributed by atoms with Gasteiger partial charge in [0, 0.05) is 10.9 Å². The van der Waals surface area contributed by atoms with Gasteiger partial charge in [0.1, 0.15) is 0 Å². The van der Waals surface area contributed by atoms with Crippen molar-refractivity contribution in [2.24, 2.45) is 0 Å². The van der Waals surface area contributed by atoms with Crippen LogP contribution in [0.1, 0.15) is 18.1 Å². The molecule has 30 heavy (non-hydrogen) atoms. The summed E-state index contributed by atoms with van der Waals surface area (Å²) in [6.07, 6.45) is 0. The van der Waals surface area contributed by atoms with Crippen molar-refractivity contribution in [3.8, 4) is 6.07 Å². The lowest BCUT2D eigenvalue weighted by Gasteiger charge is -2.22. The fourth-order valence-electron chi connectivity index (χ4n) is 2.87. The van der Waals surface area contributed by atoms with Crippen molar-refractivity contribution in [1.29, 1.82) is 5.26 Å². The molecule has 0 saturated heterocycles. The summed E-state index contributed by atoms with van der Waals surface area (Å²) in [4.78, 5) is 0.939. The first-order valence-corrected chi connectivity index (χ1v) is 13.5. The van der Waals surface area contributed by atoms with Crippen LogP contribution in [-0.2, 0) is 16.5 Å². The lowest BCUT2D eigenvalue weighted by molar-refractivity contribution is 0.346. The smallest absolute Gasteiger partial charge is 0.224 e. The second-order valence-electron chi connectivity index (χ2n) is 6.30. The Bertz CT molecular complexity index is 1080. The lowest BCUT2D eigenvalue weighted by atomic mass is 10.1. The monoisotopic (exact) mass is 465 g/mol. The number of benzene rings is 3. The predicted molar refractivity (Wildman–Crippen MR) is 137 cm³/mol. The molecule has 0 bridgehead atoms. The van der Waals surface area contributed by atoms with Crippen LogP contribution in [0.4, 0.5) is 0 Å². The van der Waals surface area contributed by atoms with E-state index in [2.05, 4.69) is 36.2 Å². The zero-order valence-corrected chi connectivity index (χ0v) is 19.7. The van der Waals surface area contributed by atoms with Gasteiger partial charge in [-0.25, -0.2) is 0 Å². The Hall–Kier alpha value is -2.22. The Kier molecular flexibility index (Phi) is 8.01. The average Bonchev–Trinajstić information content (AvgIpc) is 2.80. The lowest BCUT2D eigenvalue weighted by Crippen LogP contribution is -2.14. The number of rotatable bonds is 6. The highest BCUT2D eigenvalue weighted by atomic mass is 32.4. The number of nitrogens with zero attached hydrogens (tertiary/aromatic N) is 1. The highest BCUT2D eigenvalue weighted by molar-refractivity contribution is 8.30. The van der Waals surface area contributed by atoms with E-state index in [4.69, 9.17) is 34.0 Å². The maximum absolute atomic E-state index is 9.14. The minimum atomic E-state index is -2.27. The zero-order chi connectivity index (χ0) is 21.4. The van der Waals surface area contributed by atoms with Crippen LogP contribution in [0, 0.1) is 11.3 Å². The molecule has 6 heteroatoms. The Labute approximate surface area is 192 Å². The van der Waals surface area contributed by atoms with Crippen molar-refractivity contribution in [2.45, 2.75) is 6.92 Å². The molecular weight excluding hydrogens is 445 g/mol. The highest BCUT2D eigenvalue weighted by Crippen LogP contribution is 2.50. The molecule has 0 spiro atoms. The Morgan fingerprint density at radius 1 is 0.967 bits per heavy atom. The molecule has 0 unspecified atom stereocenters.